The molecule has 1 N–H and O–H groups in total. The highest BCUT2D eigenvalue weighted by atomic mass is 16.2. The van der Waals surface area contributed by atoms with Gasteiger partial charge in [-0.1, -0.05) is 12.1 Å². The fourth-order valence-electron chi connectivity index (χ4n) is 4.32. The van der Waals surface area contributed by atoms with Crippen LogP contribution in [0.5, 0.6) is 0 Å². The van der Waals surface area contributed by atoms with Gasteiger partial charge in [-0.05, 0) is 55.9 Å². The van der Waals surface area contributed by atoms with Crippen molar-refractivity contribution in [1.29, 1.82) is 0 Å². The minimum absolute atomic E-state index is 0.0430. The van der Waals surface area contributed by atoms with Crippen LogP contribution in [0.3, 0.4) is 0 Å². The summed E-state index contributed by atoms with van der Waals surface area (Å²) >= 11 is 0. The van der Waals surface area contributed by atoms with Gasteiger partial charge in [0.2, 0.25) is 5.91 Å². The van der Waals surface area contributed by atoms with Crippen LogP contribution in [0.4, 0.5) is 5.69 Å². The number of aromatic nitrogens is 1. The Morgan fingerprint density at radius 1 is 1.11 bits per heavy atom. The maximum atomic E-state index is 12.8. The van der Waals surface area contributed by atoms with Gasteiger partial charge in [0, 0.05) is 49.1 Å². The Hall–Kier alpha value is -2.89. The minimum atomic E-state index is -0.149. The molecule has 0 unspecified atom stereocenters. The zero-order valence-electron chi connectivity index (χ0n) is 16.3. The second kappa shape index (κ2) is 7.26. The van der Waals surface area contributed by atoms with Crippen molar-refractivity contribution >= 4 is 17.5 Å². The molecule has 6 heteroatoms. The van der Waals surface area contributed by atoms with E-state index >= 15 is 0 Å². The van der Waals surface area contributed by atoms with Crippen molar-refractivity contribution in [3.63, 3.8) is 0 Å². The number of carbonyl (C=O) groups is 2. The van der Waals surface area contributed by atoms with Crippen LogP contribution < -0.4 is 10.9 Å². The van der Waals surface area contributed by atoms with Gasteiger partial charge < -0.3 is 14.8 Å². The average molecular weight is 379 g/mol. The number of hydrogen-bond donors (Lipinski definition) is 1. The van der Waals surface area contributed by atoms with Crippen LogP contribution >= 0.6 is 0 Å². The van der Waals surface area contributed by atoms with E-state index in [4.69, 9.17) is 0 Å². The Kier molecular flexibility index (Phi) is 4.79. The van der Waals surface area contributed by atoms with E-state index in [9.17, 15) is 14.4 Å². The first-order valence-electron chi connectivity index (χ1n) is 9.81. The Morgan fingerprint density at radius 2 is 1.86 bits per heavy atom. The van der Waals surface area contributed by atoms with E-state index in [1.807, 2.05) is 30.0 Å². The number of rotatable bonds is 3. The lowest BCUT2D eigenvalue weighted by atomic mass is 9.84. The molecular formula is C22H25N3O3. The maximum absolute atomic E-state index is 12.8. The van der Waals surface area contributed by atoms with Gasteiger partial charge in [0.25, 0.3) is 11.5 Å². The largest absolute Gasteiger partial charge is 0.331 e. The third kappa shape index (κ3) is 3.35. The first-order valence-corrected chi connectivity index (χ1v) is 9.81. The first kappa shape index (κ1) is 18.5. The molecule has 1 aliphatic carbocycles. The zero-order chi connectivity index (χ0) is 19.8. The Labute approximate surface area is 164 Å². The smallest absolute Gasteiger partial charge is 0.254 e. The van der Waals surface area contributed by atoms with Crippen molar-refractivity contribution in [2.24, 2.45) is 13.0 Å². The van der Waals surface area contributed by atoms with Crippen LogP contribution in [0.1, 0.15) is 47.2 Å². The zero-order valence-corrected chi connectivity index (χ0v) is 16.3. The summed E-state index contributed by atoms with van der Waals surface area (Å²) < 4.78 is 1.47. The lowest BCUT2D eigenvalue weighted by Crippen LogP contribution is -2.40. The third-order valence-corrected chi connectivity index (χ3v) is 6.11. The number of carbonyl (C=O) groups excluding carboxylic acids is 2. The molecule has 0 spiro atoms. The fraction of sp³-hybridized carbons (Fsp3) is 0.409. The van der Waals surface area contributed by atoms with E-state index in [2.05, 4.69) is 5.32 Å². The molecule has 2 aliphatic rings. The van der Waals surface area contributed by atoms with E-state index in [0.717, 1.165) is 42.4 Å². The van der Waals surface area contributed by atoms with Gasteiger partial charge in [0.15, 0.2) is 0 Å². The molecule has 28 heavy (non-hydrogen) atoms. The van der Waals surface area contributed by atoms with Crippen molar-refractivity contribution in [3.05, 3.63) is 63.6 Å². The number of nitrogens with one attached hydrogen (secondary N) is 1. The lowest BCUT2D eigenvalue weighted by molar-refractivity contribution is -0.121. The topological polar surface area (TPSA) is 71.4 Å². The highest BCUT2D eigenvalue weighted by molar-refractivity contribution is 5.99. The van der Waals surface area contributed by atoms with Crippen LogP contribution in [0.25, 0.3) is 0 Å². The summed E-state index contributed by atoms with van der Waals surface area (Å²) in [6.07, 6.45) is 4.80. The Balaban J connectivity index is 1.36. The molecule has 0 bridgehead atoms. The van der Waals surface area contributed by atoms with E-state index in [-0.39, 0.29) is 29.3 Å². The number of fused-ring (bicyclic) bond motifs is 1. The summed E-state index contributed by atoms with van der Waals surface area (Å²) in [6.45, 7) is 2.73. The van der Waals surface area contributed by atoms with E-state index in [0.29, 0.717) is 12.2 Å². The number of nitrogens with zero attached hydrogens (tertiary/aromatic N) is 2. The molecule has 2 amide bonds. The molecule has 2 heterocycles. The molecule has 0 atom stereocenters. The van der Waals surface area contributed by atoms with Crippen LogP contribution in [0, 0.1) is 12.8 Å². The Bertz CT molecular complexity index is 987. The van der Waals surface area contributed by atoms with Crippen LogP contribution in [0.2, 0.25) is 0 Å². The monoisotopic (exact) mass is 379 g/mol. The quantitative estimate of drug-likeness (QED) is 0.891. The number of hydrogen-bond acceptors (Lipinski definition) is 3. The minimum Gasteiger partial charge on any atom is -0.331 e. The summed E-state index contributed by atoms with van der Waals surface area (Å²) in [4.78, 5) is 39.0. The molecule has 2 aromatic rings. The van der Waals surface area contributed by atoms with Gasteiger partial charge in [-0.2, -0.15) is 0 Å². The van der Waals surface area contributed by atoms with Gasteiger partial charge in [-0.3, -0.25) is 14.4 Å². The predicted octanol–water partition coefficient (Wildman–Crippen LogP) is 2.85. The van der Waals surface area contributed by atoms with Crippen molar-refractivity contribution in [2.75, 3.05) is 5.32 Å². The lowest BCUT2D eigenvalue weighted by Gasteiger charge is -2.34. The average Bonchev–Trinajstić information content (AvgIpc) is 3.03. The highest BCUT2D eigenvalue weighted by Gasteiger charge is 2.36. The van der Waals surface area contributed by atoms with E-state index in [1.165, 1.54) is 10.6 Å². The molecule has 1 saturated carbocycles. The molecule has 4 rings (SSSR count). The van der Waals surface area contributed by atoms with Gasteiger partial charge in [0.05, 0.1) is 0 Å². The molecule has 1 aliphatic heterocycles. The summed E-state index contributed by atoms with van der Waals surface area (Å²) in [7, 11) is 1.68. The van der Waals surface area contributed by atoms with Gasteiger partial charge >= 0.3 is 0 Å². The second-order valence-electron chi connectivity index (χ2n) is 7.89. The van der Waals surface area contributed by atoms with Crippen molar-refractivity contribution in [3.8, 4) is 0 Å². The van der Waals surface area contributed by atoms with Crippen LogP contribution in [0.15, 0.2) is 41.3 Å². The van der Waals surface area contributed by atoms with Crippen molar-refractivity contribution in [1.82, 2.24) is 9.47 Å². The molecular weight excluding hydrogens is 354 g/mol. The number of amides is 2. The molecule has 1 aromatic carbocycles. The van der Waals surface area contributed by atoms with E-state index in [1.54, 1.807) is 19.3 Å². The maximum Gasteiger partial charge on any atom is 0.254 e. The summed E-state index contributed by atoms with van der Waals surface area (Å²) in [5.41, 5.74) is 3.51. The highest BCUT2D eigenvalue weighted by Crippen LogP contribution is 2.34. The van der Waals surface area contributed by atoms with Gasteiger partial charge in [-0.25, -0.2) is 0 Å². The summed E-state index contributed by atoms with van der Waals surface area (Å²) in [5, 5.41) is 2.86. The van der Waals surface area contributed by atoms with E-state index < -0.39 is 0 Å². The second-order valence-corrected chi connectivity index (χ2v) is 7.89. The number of benzene rings is 1. The van der Waals surface area contributed by atoms with Crippen LogP contribution in [-0.2, 0) is 18.4 Å². The number of aryl methyl sites for hydroxylation is 2. The summed E-state index contributed by atoms with van der Waals surface area (Å²) in [5.74, 6) is -0.00700. The van der Waals surface area contributed by atoms with Crippen LogP contribution in [-0.4, -0.2) is 27.3 Å². The normalized spacial score (nSPS) is 21.5. The van der Waals surface area contributed by atoms with Gasteiger partial charge in [-0.15, -0.1) is 0 Å². The number of pyridine rings is 1. The first-order chi connectivity index (χ1) is 13.4. The third-order valence-electron chi connectivity index (χ3n) is 6.11. The predicted molar refractivity (Wildman–Crippen MR) is 107 cm³/mol. The van der Waals surface area contributed by atoms with Gasteiger partial charge in [0.1, 0.15) is 0 Å². The number of anilines is 1. The SMILES string of the molecule is Cc1cccc2c1CN(C1CCC(C(=O)Nc3ccn(C)c(=O)c3)CC1)C2=O. The van der Waals surface area contributed by atoms with Crippen molar-refractivity contribution in [2.45, 2.75) is 45.2 Å². The molecule has 6 nitrogen and oxygen atoms in total. The molecule has 146 valence electrons. The molecule has 1 aromatic heterocycles. The summed E-state index contributed by atoms with van der Waals surface area (Å²) in [6, 6.07) is 9.25. The molecule has 0 saturated heterocycles. The fourth-order valence-corrected chi connectivity index (χ4v) is 4.32. The molecule has 0 radical (unpaired) electrons. The Morgan fingerprint density at radius 3 is 2.54 bits per heavy atom. The standard InChI is InChI=1S/C22H25N3O3/c1-14-4-3-5-18-19(14)13-25(22(18)28)17-8-6-15(7-9-17)21(27)23-16-10-11-24(2)20(26)12-16/h3-5,10-12,15,17H,6-9,13H2,1-2H3,(H,23,27). The van der Waals surface area contributed by atoms with Crippen molar-refractivity contribution < 1.29 is 9.59 Å². The molecule has 1 fully saturated rings.